The molecule has 1 unspecified atom stereocenters. The number of carbonyl (C=O) groups excluding carboxylic acids is 2. The van der Waals surface area contributed by atoms with Crippen LogP contribution in [0.25, 0.3) is 0 Å². The first-order valence-electron chi connectivity index (χ1n) is 11.3. The van der Waals surface area contributed by atoms with Crippen LogP contribution in [-0.4, -0.2) is 67.7 Å². The zero-order chi connectivity index (χ0) is 26.4. The number of rotatable bonds is 6. The lowest BCUT2D eigenvalue weighted by Crippen LogP contribution is -2.27. The van der Waals surface area contributed by atoms with Gasteiger partial charge in [-0.15, -0.1) is 0 Å². The standard InChI is InChI=1S/C12H20O5.C12H18O5/c2*1-12(2,3)17-10(14)6-7-4-8(11(15)16)5-9(7)13/h7-9,13H,4-6H2,1-3H3,(H,15,16);5,7,9,13H,4,6H2,1-3H3,(H,15,16)/t7-,8?,9-;7-,9-/m11/s1. The molecule has 0 spiro atoms. The Morgan fingerprint density at radius 3 is 1.68 bits per heavy atom. The van der Waals surface area contributed by atoms with Crippen LogP contribution in [0, 0.1) is 17.8 Å². The highest BCUT2D eigenvalue weighted by molar-refractivity contribution is 5.87. The Kier molecular flexibility index (Phi) is 10.3. The molecule has 1 saturated carbocycles. The molecule has 2 aliphatic carbocycles. The maximum Gasteiger partial charge on any atom is 0.331 e. The summed E-state index contributed by atoms with van der Waals surface area (Å²) in [4.78, 5) is 44.6. The van der Waals surface area contributed by atoms with Crippen molar-refractivity contribution in [1.82, 2.24) is 0 Å². The fourth-order valence-corrected chi connectivity index (χ4v) is 3.88. The van der Waals surface area contributed by atoms with Gasteiger partial charge in [0.2, 0.25) is 0 Å². The quantitative estimate of drug-likeness (QED) is 0.409. The molecule has 5 atom stereocenters. The van der Waals surface area contributed by atoms with E-state index in [1.807, 2.05) is 0 Å². The Morgan fingerprint density at radius 2 is 1.32 bits per heavy atom. The Labute approximate surface area is 199 Å². The highest BCUT2D eigenvalue weighted by Crippen LogP contribution is 2.34. The second-order valence-corrected chi connectivity index (χ2v) is 10.9. The van der Waals surface area contributed by atoms with Gasteiger partial charge in [0, 0.05) is 11.5 Å². The number of esters is 2. The van der Waals surface area contributed by atoms with E-state index in [4.69, 9.17) is 19.7 Å². The SMILES string of the molecule is CC(C)(C)OC(=O)C[C@H]1CC(C(=O)O)=C[C@H]1O.CC(C)(C)OC(=O)C[C@H]1CC(C(=O)O)C[C@H]1O. The second-order valence-electron chi connectivity index (χ2n) is 10.9. The lowest BCUT2D eigenvalue weighted by atomic mass is 9.99. The molecule has 0 radical (unpaired) electrons. The van der Waals surface area contributed by atoms with Gasteiger partial charge in [-0.2, -0.15) is 0 Å². The zero-order valence-corrected chi connectivity index (χ0v) is 20.7. The predicted molar refractivity (Wildman–Crippen MR) is 121 cm³/mol. The third-order valence-electron chi connectivity index (χ3n) is 5.32. The van der Waals surface area contributed by atoms with Crippen molar-refractivity contribution in [1.29, 1.82) is 0 Å². The van der Waals surface area contributed by atoms with Crippen LogP contribution < -0.4 is 0 Å². The van der Waals surface area contributed by atoms with Gasteiger partial charge < -0.3 is 29.9 Å². The van der Waals surface area contributed by atoms with Crippen LogP contribution in [0.5, 0.6) is 0 Å². The summed E-state index contributed by atoms with van der Waals surface area (Å²) < 4.78 is 10.3. The van der Waals surface area contributed by atoms with Crippen molar-refractivity contribution < 1.29 is 49.1 Å². The van der Waals surface area contributed by atoms with Gasteiger partial charge in [0.25, 0.3) is 0 Å². The molecular weight excluding hydrogens is 448 g/mol. The smallest absolute Gasteiger partial charge is 0.331 e. The highest BCUT2D eigenvalue weighted by Gasteiger charge is 2.38. The molecule has 0 aliphatic heterocycles. The number of aliphatic hydroxyl groups excluding tert-OH is 2. The fraction of sp³-hybridized carbons (Fsp3) is 0.750. The molecule has 194 valence electrons. The number of hydrogen-bond acceptors (Lipinski definition) is 8. The van der Waals surface area contributed by atoms with Gasteiger partial charge in [-0.25, -0.2) is 4.79 Å². The lowest BCUT2D eigenvalue weighted by molar-refractivity contribution is -0.157. The molecule has 0 amide bonds. The van der Waals surface area contributed by atoms with Crippen LogP contribution in [0.4, 0.5) is 0 Å². The second kappa shape index (κ2) is 11.8. The summed E-state index contributed by atoms with van der Waals surface area (Å²) in [6, 6.07) is 0. The third-order valence-corrected chi connectivity index (χ3v) is 5.32. The molecule has 0 aromatic rings. The number of hydrogen-bond donors (Lipinski definition) is 4. The summed E-state index contributed by atoms with van der Waals surface area (Å²) in [6.07, 6.45) is 0.580. The number of ether oxygens (including phenoxy) is 2. The Bertz CT molecular complexity index is 759. The van der Waals surface area contributed by atoms with Crippen molar-refractivity contribution >= 4 is 23.9 Å². The summed E-state index contributed by atoms with van der Waals surface area (Å²) in [5.41, 5.74) is -0.956. The monoisotopic (exact) mass is 486 g/mol. The van der Waals surface area contributed by atoms with E-state index in [0.29, 0.717) is 6.42 Å². The van der Waals surface area contributed by atoms with E-state index >= 15 is 0 Å². The Balaban J connectivity index is 0.000000340. The molecule has 34 heavy (non-hydrogen) atoms. The van der Waals surface area contributed by atoms with Crippen molar-refractivity contribution in [2.24, 2.45) is 17.8 Å². The zero-order valence-electron chi connectivity index (χ0n) is 20.7. The molecule has 2 aliphatic rings. The highest BCUT2D eigenvalue weighted by atomic mass is 16.6. The molecule has 4 N–H and O–H groups in total. The van der Waals surface area contributed by atoms with E-state index in [0.717, 1.165) is 0 Å². The number of carboxylic acids is 2. The van der Waals surface area contributed by atoms with Crippen LogP contribution in [0.2, 0.25) is 0 Å². The number of carboxylic acid groups (broad SMARTS) is 2. The summed E-state index contributed by atoms with van der Waals surface area (Å²) in [6.45, 7) is 10.6. The Morgan fingerprint density at radius 1 is 0.853 bits per heavy atom. The normalized spacial score (nSPS) is 26.7. The molecule has 1 fully saturated rings. The first-order valence-corrected chi connectivity index (χ1v) is 11.3. The first kappa shape index (κ1) is 29.6. The summed E-state index contributed by atoms with van der Waals surface area (Å²) >= 11 is 0. The van der Waals surface area contributed by atoms with Crippen molar-refractivity contribution in [2.75, 3.05) is 0 Å². The molecule has 0 bridgehead atoms. The van der Waals surface area contributed by atoms with Crippen molar-refractivity contribution in [3.05, 3.63) is 11.6 Å². The van der Waals surface area contributed by atoms with Gasteiger partial charge in [0.15, 0.2) is 0 Å². The Hall–Kier alpha value is -2.46. The predicted octanol–water partition coefficient (Wildman–Crippen LogP) is 2.30. The minimum Gasteiger partial charge on any atom is -0.481 e. The lowest BCUT2D eigenvalue weighted by Gasteiger charge is -2.21. The topological polar surface area (TPSA) is 168 Å². The average Bonchev–Trinajstić information content (AvgIpc) is 3.16. The fourth-order valence-electron chi connectivity index (χ4n) is 3.88. The minimum absolute atomic E-state index is 0.0334. The van der Waals surface area contributed by atoms with E-state index < -0.39 is 53.2 Å². The average molecular weight is 487 g/mol. The van der Waals surface area contributed by atoms with E-state index in [2.05, 4.69) is 0 Å². The van der Waals surface area contributed by atoms with Crippen molar-refractivity contribution in [2.45, 2.75) is 97.1 Å². The van der Waals surface area contributed by atoms with Crippen molar-refractivity contribution in [3.63, 3.8) is 0 Å². The van der Waals surface area contributed by atoms with Crippen LogP contribution in [0.15, 0.2) is 11.6 Å². The summed E-state index contributed by atoms with van der Waals surface area (Å²) in [5, 5.41) is 36.9. The van der Waals surface area contributed by atoms with E-state index in [-0.39, 0.29) is 43.1 Å². The van der Waals surface area contributed by atoms with E-state index in [1.165, 1.54) is 6.08 Å². The largest absolute Gasteiger partial charge is 0.481 e. The maximum absolute atomic E-state index is 11.6. The van der Waals surface area contributed by atoms with Crippen LogP contribution >= 0.6 is 0 Å². The van der Waals surface area contributed by atoms with E-state index in [1.54, 1.807) is 41.5 Å². The molecule has 2 rings (SSSR count). The minimum atomic E-state index is -1.05. The van der Waals surface area contributed by atoms with Gasteiger partial charge in [0.05, 0.1) is 31.0 Å². The molecule has 0 heterocycles. The number of aliphatic hydroxyl groups is 2. The van der Waals surface area contributed by atoms with E-state index in [9.17, 15) is 29.4 Å². The molecule has 0 saturated heterocycles. The van der Waals surface area contributed by atoms with Gasteiger partial charge in [0.1, 0.15) is 11.2 Å². The van der Waals surface area contributed by atoms with Gasteiger partial charge in [-0.05, 0) is 72.8 Å². The first-order chi connectivity index (χ1) is 15.4. The maximum atomic E-state index is 11.6. The van der Waals surface area contributed by atoms with Gasteiger partial charge in [-0.3, -0.25) is 14.4 Å². The third kappa shape index (κ3) is 10.6. The van der Waals surface area contributed by atoms with Gasteiger partial charge in [-0.1, -0.05) is 0 Å². The van der Waals surface area contributed by atoms with Crippen LogP contribution in [0.3, 0.4) is 0 Å². The summed E-state index contributed by atoms with van der Waals surface area (Å²) in [5.74, 6) is -3.99. The molecule has 10 nitrogen and oxygen atoms in total. The van der Waals surface area contributed by atoms with Crippen molar-refractivity contribution in [3.8, 4) is 0 Å². The molecule has 10 heteroatoms. The molecule has 0 aromatic heterocycles. The van der Waals surface area contributed by atoms with Crippen LogP contribution in [-0.2, 0) is 28.7 Å². The number of carbonyl (C=O) groups is 4. The van der Waals surface area contributed by atoms with Crippen LogP contribution in [0.1, 0.15) is 73.6 Å². The molecular formula is C24H38O10. The van der Waals surface area contributed by atoms with Gasteiger partial charge >= 0.3 is 23.9 Å². The number of aliphatic carboxylic acids is 2. The summed E-state index contributed by atoms with van der Waals surface area (Å²) in [7, 11) is 0. The molecule has 0 aromatic carbocycles.